The largest absolute Gasteiger partial charge is 0.573 e. The molecule has 36 heavy (non-hydrogen) atoms. The van der Waals surface area contributed by atoms with Gasteiger partial charge < -0.3 is 15.4 Å². The lowest BCUT2D eigenvalue weighted by atomic mass is 10.2. The van der Waals surface area contributed by atoms with E-state index in [1.807, 2.05) is 0 Å². The first-order valence-corrected chi connectivity index (χ1v) is 11.7. The minimum atomic E-state index is -4.88. The lowest BCUT2D eigenvalue weighted by Gasteiger charge is -2.20. The first kappa shape index (κ1) is 26.8. The molecule has 9 nitrogen and oxygen atoms in total. The number of sulfonamides is 1. The summed E-state index contributed by atoms with van der Waals surface area (Å²) in [6, 6.07) is 7.36. The molecule has 0 atom stereocenters. The maximum absolute atomic E-state index is 13.5. The van der Waals surface area contributed by atoms with Gasteiger partial charge in [-0.2, -0.15) is 18.2 Å². The van der Waals surface area contributed by atoms with E-state index in [1.54, 1.807) is 0 Å². The van der Waals surface area contributed by atoms with Crippen molar-refractivity contribution in [1.29, 1.82) is 0 Å². The van der Waals surface area contributed by atoms with Crippen LogP contribution in [0.4, 0.5) is 49.6 Å². The molecule has 0 saturated heterocycles. The average molecular weight is 536 g/mol. The van der Waals surface area contributed by atoms with Crippen LogP contribution in [-0.2, 0) is 22.7 Å². The first-order valence-electron chi connectivity index (χ1n) is 9.82. The molecule has 2 aromatic heterocycles. The van der Waals surface area contributed by atoms with Gasteiger partial charge in [-0.15, -0.1) is 13.2 Å². The summed E-state index contributed by atoms with van der Waals surface area (Å²) >= 11 is 0. The molecule has 0 aliphatic carbocycles. The molecule has 0 fully saturated rings. The quantitative estimate of drug-likeness (QED) is 0.404. The van der Waals surface area contributed by atoms with Gasteiger partial charge in [-0.05, 0) is 30.3 Å². The van der Waals surface area contributed by atoms with Crippen LogP contribution >= 0.6 is 0 Å². The Balaban J connectivity index is 1.85. The number of benzene rings is 1. The third kappa shape index (κ3) is 7.10. The summed E-state index contributed by atoms with van der Waals surface area (Å²) in [5.41, 5.74) is -0.740. The Morgan fingerprint density at radius 1 is 1.03 bits per heavy atom. The molecule has 3 rings (SSSR count). The summed E-state index contributed by atoms with van der Waals surface area (Å²) in [6.07, 6.45) is -6.88. The molecular weight excluding hydrogens is 518 g/mol. The standard InChI is InChI=1S/C20H18F6N6O3S/c1-32(36(2,33)34)17-12(4-3-9-27-17)10-28-16-15(19(21,22)23)11-29-18(31-16)30-13-5-7-14(8-6-13)35-20(24,25)26/h3-9,11H,10H2,1-2H3,(H2,28,29,30,31). The second-order valence-corrected chi connectivity index (χ2v) is 9.23. The van der Waals surface area contributed by atoms with Crippen LogP contribution in [0.25, 0.3) is 0 Å². The maximum Gasteiger partial charge on any atom is 0.573 e. The number of aromatic nitrogens is 3. The van der Waals surface area contributed by atoms with Crippen molar-refractivity contribution in [2.75, 3.05) is 28.2 Å². The summed E-state index contributed by atoms with van der Waals surface area (Å²) in [5.74, 6) is -1.38. The van der Waals surface area contributed by atoms with Gasteiger partial charge in [-0.25, -0.2) is 18.4 Å². The zero-order chi connectivity index (χ0) is 26.7. The lowest BCUT2D eigenvalue weighted by Crippen LogP contribution is -2.27. The zero-order valence-corrected chi connectivity index (χ0v) is 19.3. The summed E-state index contributed by atoms with van der Waals surface area (Å²) in [4.78, 5) is 11.5. The van der Waals surface area contributed by atoms with E-state index in [4.69, 9.17) is 0 Å². The monoisotopic (exact) mass is 536 g/mol. The predicted molar refractivity (Wildman–Crippen MR) is 118 cm³/mol. The third-order valence-corrected chi connectivity index (χ3v) is 5.72. The van der Waals surface area contributed by atoms with Crippen LogP contribution in [0, 0.1) is 0 Å². The number of nitrogens with one attached hydrogen (secondary N) is 2. The van der Waals surface area contributed by atoms with E-state index < -0.39 is 39.7 Å². The second-order valence-electron chi connectivity index (χ2n) is 7.22. The van der Waals surface area contributed by atoms with Gasteiger partial charge in [0.25, 0.3) is 0 Å². The van der Waals surface area contributed by atoms with Crippen molar-refractivity contribution in [3.05, 3.63) is 59.9 Å². The summed E-state index contributed by atoms with van der Waals surface area (Å²) < 4.78 is 106. The summed E-state index contributed by atoms with van der Waals surface area (Å²) in [7, 11) is -2.44. The van der Waals surface area contributed by atoms with Gasteiger partial charge in [0.15, 0.2) is 0 Å². The molecule has 0 spiro atoms. The smallest absolute Gasteiger partial charge is 0.406 e. The van der Waals surface area contributed by atoms with Crippen LogP contribution < -0.4 is 19.7 Å². The molecule has 0 amide bonds. The van der Waals surface area contributed by atoms with Crippen molar-refractivity contribution in [3.8, 4) is 5.75 Å². The number of anilines is 4. The molecule has 3 aromatic rings. The van der Waals surface area contributed by atoms with E-state index >= 15 is 0 Å². The number of hydrogen-bond acceptors (Lipinski definition) is 8. The SMILES string of the molecule is CN(c1ncccc1CNc1nc(Nc2ccc(OC(F)(F)F)cc2)ncc1C(F)(F)F)S(C)(=O)=O. The molecule has 0 unspecified atom stereocenters. The average Bonchev–Trinajstić information content (AvgIpc) is 2.76. The van der Waals surface area contributed by atoms with E-state index in [0.29, 0.717) is 6.20 Å². The highest BCUT2D eigenvalue weighted by atomic mass is 32.2. The molecule has 2 heterocycles. The van der Waals surface area contributed by atoms with Crippen molar-refractivity contribution in [2.24, 2.45) is 0 Å². The highest BCUT2D eigenvalue weighted by Gasteiger charge is 2.35. The number of alkyl halides is 6. The molecular formula is C20H18F6N6O3S. The van der Waals surface area contributed by atoms with Crippen molar-refractivity contribution in [3.63, 3.8) is 0 Å². The van der Waals surface area contributed by atoms with E-state index in [0.717, 1.165) is 22.7 Å². The Hall–Kier alpha value is -3.82. The fraction of sp³-hybridized carbons (Fsp3) is 0.250. The Labute approximate surface area is 201 Å². The first-order chi connectivity index (χ1) is 16.6. The Morgan fingerprint density at radius 3 is 2.28 bits per heavy atom. The van der Waals surface area contributed by atoms with Gasteiger partial charge in [0.1, 0.15) is 22.9 Å². The molecule has 2 N–H and O–H groups in total. The van der Waals surface area contributed by atoms with Crippen molar-refractivity contribution < 1.29 is 39.5 Å². The number of hydrogen-bond donors (Lipinski definition) is 2. The van der Waals surface area contributed by atoms with E-state index in [2.05, 4.69) is 30.3 Å². The fourth-order valence-electron chi connectivity index (χ4n) is 2.84. The Kier molecular flexibility index (Phi) is 7.47. The van der Waals surface area contributed by atoms with E-state index in [9.17, 15) is 34.8 Å². The molecule has 0 bridgehead atoms. The molecule has 0 aliphatic heterocycles. The number of nitrogens with zero attached hydrogens (tertiary/aromatic N) is 4. The van der Waals surface area contributed by atoms with Crippen LogP contribution in [0.5, 0.6) is 5.75 Å². The second kappa shape index (κ2) is 10.0. The summed E-state index contributed by atoms with van der Waals surface area (Å²) in [6.45, 7) is -0.272. The molecule has 16 heteroatoms. The van der Waals surface area contributed by atoms with Crippen LogP contribution in [0.1, 0.15) is 11.1 Å². The van der Waals surface area contributed by atoms with Gasteiger partial charge >= 0.3 is 12.5 Å². The van der Waals surface area contributed by atoms with Gasteiger partial charge in [-0.1, -0.05) is 6.07 Å². The summed E-state index contributed by atoms with van der Waals surface area (Å²) in [5, 5.41) is 5.12. The molecule has 194 valence electrons. The van der Waals surface area contributed by atoms with Crippen LogP contribution in [0.3, 0.4) is 0 Å². The molecule has 1 aromatic carbocycles. The highest BCUT2D eigenvalue weighted by Crippen LogP contribution is 2.35. The van der Waals surface area contributed by atoms with Crippen LogP contribution in [-0.4, -0.2) is 43.0 Å². The van der Waals surface area contributed by atoms with E-state index in [-0.39, 0.29) is 29.6 Å². The van der Waals surface area contributed by atoms with Gasteiger partial charge in [0.05, 0.1) is 6.26 Å². The van der Waals surface area contributed by atoms with E-state index in [1.165, 1.54) is 37.5 Å². The third-order valence-electron chi connectivity index (χ3n) is 4.55. The topological polar surface area (TPSA) is 109 Å². The number of pyridine rings is 1. The lowest BCUT2D eigenvalue weighted by molar-refractivity contribution is -0.274. The number of ether oxygens (including phenoxy) is 1. The Bertz CT molecular complexity index is 1320. The highest BCUT2D eigenvalue weighted by molar-refractivity contribution is 7.92. The van der Waals surface area contributed by atoms with Crippen molar-refractivity contribution >= 4 is 33.3 Å². The zero-order valence-electron chi connectivity index (χ0n) is 18.5. The minimum absolute atomic E-state index is 0.00892. The number of rotatable bonds is 8. The van der Waals surface area contributed by atoms with Crippen LogP contribution in [0.2, 0.25) is 0 Å². The number of halogens is 6. The molecule has 0 radical (unpaired) electrons. The minimum Gasteiger partial charge on any atom is -0.406 e. The molecule has 0 saturated carbocycles. The Morgan fingerprint density at radius 2 is 1.69 bits per heavy atom. The van der Waals surface area contributed by atoms with Gasteiger partial charge in [-0.3, -0.25) is 4.31 Å². The predicted octanol–water partition coefficient (Wildman–Crippen LogP) is 4.54. The normalized spacial score (nSPS) is 12.2. The van der Waals surface area contributed by atoms with Crippen LogP contribution in [0.15, 0.2) is 48.8 Å². The van der Waals surface area contributed by atoms with Crippen molar-refractivity contribution in [1.82, 2.24) is 15.0 Å². The molecule has 0 aliphatic rings. The fourth-order valence-corrected chi connectivity index (χ4v) is 3.32. The van der Waals surface area contributed by atoms with Gasteiger partial charge in [0.2, 0.25) is 16.0 Å². The maximum atomic E-state index is 13.5. The van der Waals surface area contributed by atoms with Crippen molar-refractivity contribution in [2.45, 2.75) is 19.1 Å². The van der Waals surface area contributed by atoms with Gasteiger partial charge in [0, 0.05) is 37.2 Å².